The fourth-order valence-electron chi connectivity index (χ4n) is 0. The normalized spacial score (nSPS) is 3.43. The third kappa shape index (κ3) is 387. The Morgan fingerprint density at radius 3 is 1.14 bits per heavy atom. The second kappa shape index (κ2) is 16.0. The Morgan fingerprint density at radius 2 is 1.14 bits per heavy atom. The fourth-order valence-corrected chi connectivity index (χ4v) is 0. The van der Waals surface area contributed by atoms with Crippen molar-refractivity contribution in [3.63, 3.8) is 0 Å². The quantitative estimate of drug-likeness (QED) is 0.240. The van der Waals surface area contributed by atoms with Gasteiger partial charge in [0.25, 0.3) is 0 Å². The summed E-state index contributed by atoms with van der Waals surface area (Å²) in [5.74, 6) is 0. The molecule has 4 N–H and O–H groups in total. The summed E-state index contributed by atoms with van der Waals surface area (Å²) in [5, 5.41) is 14.8. The molecule has 0 fully saturated rings. The van der Waals surface area contributed by atoms with E-state index in [4.69, 9.17) is 15.3 Å². The molecule has 0 atom stereocenters. The SMILES string of the molecule is O.O.O=[N+]([O-])[O-].[Sr+2]. The minimum atomic E-state index is -1.75. The average molecular weight is 186 g/mol. The van der Waals surface area contributed by atoms with E-state index in [-0.39, 0.29) is 56.4 Å². The van der Waals surface area contributed by atoms with Crippen LogP contribution in [-0.2, 0) is 0 Å². The molecule has 0 heterocycles. The Labute approximate surface area is 76.1 Å². The van der Waals surface area contributed by atoms with Crippen molar-refractivity contribution in [1.82, 2.24) is 0 Å². The summed E-state index contributed by atoms with van der Waals surface area (Å²) in [5.41, 5.74) is 0. The van der Waals surface area contributed by atoms with Crippen LogP contribution < -0.4 is 0 Å². The maximum Gasteiger partial charge on any atom is 2.00 e. The van der Waals surface area contributed by atoms with Crippen LogP contribution in [-0.4, -0.2) is 61.5 Å². The van der Waals surface area contributed by atoms with E-state index in [1.807, 2.05) is 0 Å². The van der Waals surface area contributed by atoms with Crippen molar-refractivity contribution in [1.29, 1.82) is 0 Å². The van der Waals surface area contributed by atoms with Crippen molar-refractivity contribution in [3.8, 4) is 0 Å². The molecule has 0 radical (unpaired) electrons. The minimum Gasteiger partial charge on any atom is -0.412 e. The monoisotopic (exact) mass is 186 g/mol. The zero-order valence-corrected chi connectivity index (χ0v) is 6.86. The molecule has 0 aromatic heterocycles. The van der Waals surface area contributed by atoms with Crippen LogP contribution in [0.2, 0.25) is 0 Å². The molecule has 0 saturated heterocycles. The molecule has 6 nitrogen and oxygen atoms in total. The van der Waals surface area contributed by atoms with Gasteiger partial charge < -0.3 is 26.3 Å². The number of rotatable bonds is 0. The summed E-state index contributed by atoms with van der Waals surface area (Å²) in [6, 6.07) is 0. The minimum absolute atomic E-state index is 0. The smallest absolute Gasteiger partial charge is 0.412 e. The first-order valence-corrected chi connectivity index (χ1v) is 0.548. The molecule has 7 heavy (non-hydrogen) atoms. The van der Waals surface area contributed by atoms with Gasteiger partial charge in [-0.25, -0.2) is 0 Å². The van der Waals surface area contributed by atoms with Gasteiger partial charge in [0, 0.05) is 0 Å². The van der Waals surface area contributed by atoms with E-state index in [1.54, 1.807) is 0 Å². The van der Waals surface area contributed by atoms with Crippen LogP contribution in [0.1, 0.15) is 0 Å². The molecular weight excluding hydrogens is 182 g/mol. The third-order valence-corrected chi connectivity index (χ3v) is 0. The van der Waals surface area contributed by atoms with Crippen LogP contribution in [0.5, 0.6) is 0 Å². The Bertz CT molecular complexity index is 31.1. The summed E-state index contributed by atoms with van der Waals surface area (Å²) in [6.07, 6.45) is 0. The molecule has 0 aliphatic carbocycles. The Balaban J connectivity index is -0.0000000150. The van der Waals surface area contributed by atoms with Crippen LogP contribution in [0.25, 0.3) is 0 Å². The van der Waals surface area contributed by atoms with Crippen molar-refractivity contribution in [2.24, 2.45) is 0 Å². The first kappa shape index (κ1) is 25.5. The van der Waals surface area contributed by atoms with E-state index in [9.17, 15) is 0 Å². The molecular formula is H4NO5Sr+. The van der Waals surface area contributed by atoms with E-state index in [0.717, 1.165) is 0 Å². The summed E-state index contributed by atoms with van der Waals surface area (Å²) >= 11 is 0. The van der Waals surface area contributed by atoms with Crippen LogP contribution in [0.15, 0.2) is 0 Å². The Kier molecular flexibility index (Phi) is 58.3. The summed E-state index contributed by atoms with van der Waals surface area (Å²) in [7, 11) is 0. The van der Waals surface area contributed by atoms with Crippen LogP contribution >= 0.6 is 0 Å². The van der Waals surface area contributed by atoms with E-state index < -0.39 is 5.09 Å². The molecule has 0 bridgehead atoms. The molecule has 0 aromatic rings. The molecule has 0 unspecified atom stereocenters. The summed E-state index contributed by atoms with van der Waals surface area (Å²) < 4.78 is 0. The van der Waals surface area contributed by atoms with Gasteiger partial charge >= 0.3 is 45.5 Å². The van der Waals surface area contributed by atoms with Gasteiger partial charge in [0.05, 0.1) is 5.09 Å². The first-order chi connectivity index (χ1) is 1.73. The molecule has 0 amide bonds. The van der Waals surface area contributed by atoms with Crippen LogP contribution in [0, 0.1) is 15.3 Å². The summed E-state index contributed by atoms with van der Waals surface area (Å²) in [6.45, 7) is 0. The molecule has 7 heteroatoms. The van der Waals surface area contributed by atoms with E-state index >= 15 is 0 Å². The van der Waals surface area contributed by atoms with Crippen molar-refractivity contribution in [3.05, 3.63) is 15.3 Å². The molecule has 40 valence electrons. The Hall–Kier alpha value is 0.601. The van der Waals surface area contributed by atoms with Crippen molar-refractivity contribution < 1.29 is 16.0 Å². The predicted molar refractivity (Wildman–Crippen MR) is 23.3 cm³/mol. The average Bonchev–Trinajstić information content (AvgIpc) is 0.811. The van der Waals surface area contributed by atoms with Gasteiger partial charge in [0.15, 0.2) is 0 Å². The van der Waals surface area contributed by atoms with Crippen LogP contribution in [0.4, 0.5) is 0 Å². The van der Waals surface area contributed by atoms with Gasteiger partial charge in [-0.15, -0.1) is 0 Å². The first-order valence-electron chi connectivity index (χ1n) is 0.548. The van der Waals surface area contributed by atoms with Crippen LogP contribution in [0.3, 0.4) is 0 Å². The van der Waals surface area contributed by atoms with Gasteiger partial charge in [-0.05, 0) is 0 Å². The second-order valence-electron chi connectivity index (χ2n) is 0.224. The predicted octanol–water partition coefficient (Wildman–Crippen LogP) is -2.27. The zero-order valence-electron chi connectivity index (χ0n) is 3.38. The van der Waals surface area contributed by atoms with Crippen molar-refractivity contribution in [2.75, 3.05) is 0 Å². The number of hydrogen-bond donors (Lipinski definition) is 0. The van der Waals surface area contributed by atoms with Gasteiger partial charge in [0.2, 0.25) is 0 Å². The van der Waals surface area contributed by atoms with Crippen molar-refractivity contribution in [2.45, 2.75) is 0 Å². The maximum atomic E-state index is 8.25. The van der Waals surface area contributed by atoms with E-state index in [0.29, 0.717) is 0 Å². The van der Waals surface area contributed by atoms with E-state index in [1.165, 1.54) is 0 Å². The topological polar surface area (TPSA) is 129 Å². The van der Waals surface area contributed by atoms with E-state index in [2.05, 4.69) is 0 Å². The molecule has 0 aromatic carbocycles. The number of hydrogen-bond acceptors (Lipinski definition) is 3. The fraction of sp³-hybridized carbons (Fsp3) is 0. The van der Waals surface area contributed by atoms with Gasteiger partial charge in [-0.2, -0.15) is 0 Å². The van der Waals surface area contributed by atoms with Crippen molar-refractivity contribution >= 4 is 45.5 Å². The zero-order chi connectivity index (χ0) is 3.58. The van der Waals surface area contributed by atoms with Gasteiger partial charge in [0.1, 0.15) is 0 Å². The Morgan fingerprint density at radius 1 is 1.14 bits per heavy atom. The molecule has 0 spiro atoms. The molecule has 0 saturated carbocycles. The molecule has 0 rings (SSSR count). The third-order valence-electron chi connectivity index (χ3n) is 0. The molecule has 0 aliphatic rings. The maximum absolute atomic E-state index is 8.25. The van der Waals surface area contributed by atoms with Gasteiger partial charge in [-0.3, -0.25) is 0 Å². The van der Waals surface area contributed by atoms with Gasteiger partial charge in [-0.1, -0.05) is 0 Å². The standard InChI is InChI=1S/NO3.2H2O.Sr/c2-1(3)4;;;/h;2*1H2;/q-1;;;+2. The second-order valence-corrected chi connectivity index (χ2v) is 0.224. The molecule has 0 aliphatic heterocycles. The largest absolute Gasteiger partial charge is 2.00 e. The summed E-state index contributed by atoms with van der Waals surface area (Å²) in [4.78, 5) is 8.25. The number of nitrogens with zero attached hydrogens (tertiary/aromatic N) is 1.